The standard InChI is InChI=1S/C24H20N2O4S/c1-14(16-5-6-18-13-20(30-2)10-7-17(18)12-16)22-23(29)26-24(31-22)25-19-8-3-15(4-9-19)11-21(27)28/h3-10,12-13H,11H2,1-2H3,(H,27,28)(H,25,26,29)/b22-14+. The quantitative estimate of drug-likeness (QED) is 0.568. The zero-order valence-electron chi connectivity index (χ0n) is 17.0. The number of allylic oxidation sites excluding steroid dienone is 1. The van der Waals surface area contributed by atoms with E-state index in [1.54, 1.807) is 31.4 Å². The molecule has 156 valence electrons. The zero-order valence-corrected chi connectivity index (χ0v) is 17.8. The molecule has 0 spiro atoms. The summed E-state index contributed by atoms with van der Waals surface area (Å²) in [4.78, 5) is 28.4. The molecule has 0 aromatic heterocycles. The molecular weight excluding hydrogens is 412 g/mol. The highest BCUT2D eigenvalue weighted by Crippen LogP contribution is 2.34. The van der Waals surface area contributed by atoms with Crippen molar-refractivity contribution >= 4 is 50.8 Å². The Labute approximate surface area is 183 Å². The Balaban J connectivity index is 1.58. The molecule has 0 bridgehead atoms. The molecule has 1 saturated heterocycles. The van der Waals surface area contributed by atoms with Crippen LogP contribution in [0.4, 0.5) is 5.69 Å². The van der Waals surface area contributed by atoms with Crippen LogP contribution in [-0.2, 0) is 16.0 Å². The van der Waals surface area contributed by atoms with E-state index in [4.69, 9.17) is 9.84 Å². The third-order valence-corrected chi connectivity index (χ3v) is 6.05. The molecule has 3 aromatic carbocycles. The molecule has 31 heavy (non-hydrogen) atoms. The van der Waals surface area contributed by atoms with Crippen molar-refractivity contribution in [2.24, 2.45) is 4.99 Å². The number of ether oxygens (including phenoxy) is 1. The Morgan fingerprint density at radius 2 is 1.77 bits per heavy atom. The monoisotopic (exact) mass is 432 g/mol. The Kier molecular flexibility index (Phi) is 5.77. The van der Waals surface area contributed by atoms with Crippen molar-refractivity contribution < 1.29 is 19.4 Å². The fourth-order valence-corrected chi connectivity index (χ4v) is 4.22. The predicted molar refractivity (Wildman–Crippen MR) is 124 cm³/mol. The molecule has 2 N–H and O–H groups in total. The van der Waals surface area contributed by atoms with Crippen molar-refractivity contribution in [1.82, 2.24) is 5.32 Å². The molecule has 1 aliphatic rings. The molecule has 0 radical (unpaired) electrons. The van der Waals surface area contributed by atoms with Crippen molar-refractivity contribution in [3.8, 4) is 5.75 Å². The molecule has 7 heteroatoms. The lowest BCUT2D eigenvalue weighted by Gasteiger charge is -2.07. The minimum absolute atomic E-state index is 0.0348. The number of carbonyl (C=O) groups is 2. The summed E-state index contributed by atoms with van der Waals surface area (Å²) in [6, 6.07) is 18.9. The fourth-order valence-electron chi connectivity index (χ4n) is 3.32. The topological polar surface area (TPSA) is 88.0 Å². The minimum atomic E-state index is -0.879. The number of amides is 1. The number of amidine groups is 1. The highest BCUT2D eigenvalue weighted by molar-refractivity contribution is 8.18. The third kappa shape index (κ3) is 4.62. The molecular formula is C24H20N2O4S. The van der Waals surface area contributed by atoms with Crippen LogP contribution in [0.15, 0.2) is 70.6 Å². The summed E-state index contributed by atoms with van der Waals surface area (Å²) in [7, 11) is 1.64. The largest absolute Gasteiger partial charge is 0.497 e. The second-order valence-corrected chi connectivity index (χ2v) is 8.09. The van der Waals surface area contributed by atoms with E-state index >= 15 is 0 Å². The number of nitrogens with one attached hydrogen (secondary N) is 1. The molecule has 0 atom stereocenters. The molecule has 1 fully saturated rings. The van der Waals surface area contributed by atoms with Gasteiger partial charge in [-0.15, -0.1) is 0 Å². The lowest BCUT2D eigenvalue weighted by Crippen LogP contribution is -2.19. The minimum Gasteiger partial charge on any atom is -0.497 e. The van der Waals surface area contributed by atoms with Gasteiger partial charge in [0.05, 0.1) is 24.1 Å². The number of nitrogens with zero attached hydrogens (tertiary/aromatic N) is 1. The first-order valence-electron chi connectivity index (χ1n) is 9.60. The number of carboxylic acids is 1. The summed E-state index contributed by atoms with van der Waals surface area (Å²) in [6.45, 7) is 1.93. The van der Waals surface area contributed by atoms with Gasteiger partial charge in [0, 0.05) is 0 Å². The van der Waals surface area contributed by atoms with Crippen molar-refractivity contribution in [2.45, 2.75) is 13.3 Å². The van der Waals surface area contributed by atoms with Gasteiger partial charge in [0.25, 0.3) is 5.91 Å². The van der Waals surface area contributed by atoms with Gasteiger partial charge in [-0.2, -0.15) is 0 Å². The number of thioether (sulfide) groups is 1. The molecule has 3 aromatic rings. The van der Waals surface area contributed by atoms with E-state index in [0.717, 1.165) is 27.7 Å². The first kappa shape index (κ1) is 20.7. The van der Waals surface area contributed by atoms with Crippen molar-refractivity contribution in [2.75, 3.05) is 7.11 Å². The van der Waals surface area contributed by atoms with E-state index in [9.17, 15) is 9.59 Å². The van der Waals surface area contributed by atoms with E-state index in [1.807, 2.05) is 37.3 Å². The predicted octanol–water partition coefficient (Wildman–Crippen LogP) is 4.76. The van der Waals surface area contributed by atoms with Crippen molar-refractivity contribution in [3.63, 3.8) is 0 Å². The van der Waals surface area contributed by atoms with Crippen LogP contribution in [0.3, 0.4) is 0 Å². The van der Waals surface area contributed by atoms with Crippen LogP contribution < -0.4 is 10.1 Å². The number of hydrogen-bond acceptors (Lipinski definition) is 5. The number of fused-ring (bicyclic) bond motifs is 1. The van der Waals surface area contributed by atoms with Crippen LogP contribution in [0.1, 0.15) is 18.1 Å². The first-order valence-corrected chi connectivity index (χ1v) is 10.4. The smallest absolute Gasteiger partial charge is 0.307 e. The van der Waals surface area contributed by atoms with Gasteiger partial charge in [-0.25, -0.2) is 4.99 Å². The maximum atomic E-state index is 12.6. The van der Waals surface area contributed by atoms with Gasteiger partial charge >= 0.3 is 5.97 Å². The number of aliphatic carboxylic acids is 1. The van der Waals surface area contributed by atoms with Crippen LogP contribution >= 0.6 is 11.8 Å². The Morgan fingerprint density at radius 1 is 1.06 bits per heavy atom. The van der Waals surface area contributed by atoms with E-state index in [2.05, 4.69) is 16.4 Å². The normalized spacial score (nSPS) is 16.5. The first-order chi connectivity index (χ1) is 14.9. The summed E-state index contributed by atoms with van der Waals surface area (Å²) >= 11 is 1.30. The van der Waals surface area contributed by atoms with Crippen LogP contribution in [-0.4, -0.2) is 29.3 Å². The molecule has 6 nitrogen and oxygen atoms in total. The number of methoxy groups -OCH3 is 1. The second-order valence-electron chi connectivity index (χ2n) is 7.09. The maximum absolute atomic E-state index is 12.6. The van der Waals surface area contributed by atoms with Gasteiger partial charge in [0.2, 0.25) is 0 Å². The maximum Gasteiger partial charge on any atom is 0.307 e. The highest BCUT2D eigenvalue weighted by Gasteiger charge is 2.26. The lowest BCUT2D eigenvalue weighted by molar-refractivity contribution is -0.136. The van der Waals surface area contributed by atoms with E-state index < -0.39 is 5.97 Å². The van der Waals surface area contributed by atoms with E-state index in [-0.39, 0.29) is 12.3 Å². The summed E-state index contributed by atoms with van der Waals surface area (Å²) in [6.07, 6.45) is -0.0348. The SMILES string of the molecule is COc1ccc2cc(/C(C)=C3/SC(=Nc4ccc(CC(=O)O)cc4)NC3=O)ccc2c1. The molecule has 0 saturated carbocycles. The van der Waals surface area contributed by atoms with E-state index in [1.165, 1.54) is 11.8 Å². The van der Waals surface area contributed by atoms with Gasteiger partial charge in [-0.3, -0.25) is 9.59 Å². The Morgan fingerprint density at radius 3 is 2.48 bits per heavy atom. The molecule has 1 aliphatic heterocycles. The molecule has 1 heterocycles. The Hall–Kier alpha value is -3.58. The van der Waals surface area contributed by atoms with Crippen LogP contribution in [0.5, 0.6) is 5.75 Å². The van der Waals surface area contributed by atoms with E-state index in [0.29, 0.717) is 21.3 Å². The van der Waals surface area contributed by atoms with Crippen molar-refractivity contribution in [3.05, 3.63) is 76.7 Å². The summed E-state index contributed by atoms with van der Waals surface area (Å²) < 4.78 is 5.27. The fraction of sp³-hybridized carbons (Fsp3) is 0.125. The summed E-state index contributed by atoms with van der Waals surface area (Å²) in [5.74, 6) is -0.257. The van der Waals surface area contributed by atoms with Crippen LogP contribution in [0.25, 0.3) is 16.3 Å². The second kappa shape index (κ2) is 8.65. The summed E-state index contributed by atoms with van der Waals surface area (Å²) in [5, 5.41) is 14.3. The Bertz CT molecular complexity index is 1250. The molecule has 0 unspecified atom stereocenters. The molecule has 0 aliphatic carbocycles. The molecule has 1 amide bonds. The number of rotatable bonds is 5. The van der Waals surface area contributed by atoms with Gasteiger partial charge < -0.3 is 15.2 Å². The van der Waals surface area contributed by atoms with Crippen LogP contribution in [0.2, 0.25) is 0 Å². The average Bonchev–Trinajstić information content (AvgIpc) is 3.13. The van der Waals surface area contributed by atoms with Gasteiger partial charge in [-0.05, 0) is 76.5 Å². The van der Waals surface area contributed by atoms with Gasteiger partial charge in [0.1, 0.15) is 5.75 Å². The number of hydrogen-bond donors (Lipinski definition) is 2. The van der Waals surface area contributed by atoms with Gasteiger partial charge in [0.15, 0.2) is 5.17 Å². The number of benzene rings is 3. The van der Waals surface area contributed by atoms with Crippen LogP contribution in [0, 0.1) is 0 Å². The highest BCUT2D eigenvalue weighted by atomic mass is 32.2. The number of carbonyl (C=O) groups excluding carboxylic acids is 1. The summed E-state index contributed by atoms with van der Waals surface area (Å²) in [5.41, 5.74) is 3.19. The average molecular weight is 433 g/mol. The number of aliphatic imine (C=N–C) groups is 1. The lowest BCUT2D eigenvalue weighted by atomic mass is 10.0. The third-order valence-electron chi connectivity index (χ3n) is 4.97. The van der Waals surface area contributed by atoms with Crippen molar-refractivity contribution in [1.29, 1.82) is 0 Å². The molecule has 4 rings (SSSR count). The van der Waals surface area contributed by atoms with Gasteiger partial charge in [-0.1, -0.05) is 30.3 Å². The number of carboxylic acid groups (broad SMARTS) is 1. The zero-order chi connectivity index (χ0) is 22.0.